The van der Waals surface area contributed by atoms with Crippen LogP contribution in [0, 0.1) is 0 Å². The second-order valence-electron chi connectivity index (χ2n) is 4.43. The van der Waals surface area contributed by atoms with E-state index in [4.69, 9.17) is 0 Å². The number of nitrogens with zero attached hydrogens (tertiary/aromatic N) is 1. The Labute approximate surface area is 104 Å². The average Bonchev–Trinajstić information content (AvgIpc) is 2.78. The molecule has 0 amide bonds. The first kappa shape index (κ1) is 9.37. The number of thiazole rings is 1. The largest absolute Gasteiger partial charge is 0.270 e. The van der Waals surface area contributed by atoms with Gasteiger partial charge < -0.3 is 0 Å². The molecule has 0 atom stereocenters. The summed E-state index contributed by atoms with van der Waals surface area (Å²) >= 11 is 1.91. The first-order valence-corrected chi connectivity index (χ1v) is 6.75. The molecule has 0 bridgehead atoms. The van der Waals surface area contributed by atoms with Gasteiger partial charge in [0.25, 0.3) is 5.01 Å². The van der Waals surface area contributed by atoms with Crippen molar-refractivity contribution in [2.45, 2.75) is 13.0 Å². The number of hydrogen-bond acceptors (Lipinski definition) is 1. The van der Waals surface area contributed by atoms with Gasteiger partial charge in [-0.1, -0.05) is 41.7 Å². The van der Waals surface area contributed by atoms with Crippen molar-refractivity contribution in [3.8, 4) is 10.6 Å². The molecule has 1 nitrogen and oxygen atoms in total. The Hall–Kier alpha value is -1.67. The third-order valence-electron chi connectivity index (χ3n) is 3.46. The van der Waals surface area contributed by atoms with E-state index in [0.717, 1.165) is 13.0 Å². The third kappa shape index (κ3) is 1.28. The predicted octanol–water partition coefficient (Wildman–Crippen LogP) is 3.41. The Bertz CT molecular complexity index is 712. The maximum atomic E-state index is 2.46. The molecule has 0 spiro atoms. The van der Waals surface area contributed by atoms with Crippen LogP contribution in [0.4, 0.5) is 0 Å². The van der Waals surface area contributed by atoms with E-state index < -0.39 is 0 Å². The summed E-state index contributed by atoms with van der Waals surface area (Å²) in [4.78, 5) is 0. The number of aryl methyl sites for hydroxylation is 2. The van der Waals surface area contributed by atoms with Gasteiger partial charge in [0.2, 0.25) is 5.52 Å². The molecule has 82 valence electrons. The van der Waals surface area contributed by atoms with Gasteiger partial charge >= 0.3 is 0 Å². The van der Waals surface area contributed by atoms with Gasteiger partial charge in [-0.3, -0.25) is 0 Å². The van der Waals surface area contributed by atoms with Gasteiger partial charge in [0.1, 0.15) is 4.70 Å². The molecular formula is C15H12NS+. The quantitative estimate of drug-likeness (QED) is 0.528. The van der Waals surface area contributed by atoms with E-state index in [1.54, 1.807) is 0 Å². The summed E-state index contributed by atoms with van der Waals surface area (Å²) in [5.41, 5.74) is 4.28. The van der Waals surface area contributed by atoms with Crippen molar-refractivity contribution in [2.75, 3.05) is 0 Å². The Kier molecular flexibility index (Phi) is 1.88. The fourth-order valence-electron chi connectivity index (χ4n) is 2.64. The van der Waals surface area contributed by atoms with E-state index in [9.17, 15) is 0 Å². The molecular weight excluding hydrogens is 226 g/mol. The van der Waals surface area contributed by atoms with Crippen LogP contribution in [-0.4, -0.2) is 0 Å². The molecule has 17 heavy (non-hydrogen) atoms. The van der Waals surface area contributed by atoms with Crippen molar-refractivity contribution in [3.63, 3.8) is 0 Å². The van der Waals surface area contributed by atoms with Crippen LogP contribution in [0.1, 0.15) is 5.56 Å². The van der Waals surface area contributed by atoms with Gasteiger partial charge in [-0.05, 0) is 17.7 Å². The van der Waals surface area contributed by atoms with Crippen molar-refractivity contribution in [1.82, 2.24) is 0 Å². The molecule has 0 fully saturated rings. The minimum Gasteiger partial charge on any atom is -0.181 e. The van der Waals surface area contributed by atoms with Crippen LogP contribution in [-0.2, 0) is 13.0 Å². The minimum absolute atomic E-state index is 1.11. The molecule has 0 unspecified atom stereocenters. The summed E-state index contributed by atoms with van der Waals surface area (Å²) in [6.45, 7) is 1.11. The summed E-state index contributed by atoms with van der Waals surface area (Å²) in [5, 5.41) is 1.41. The van der Waals surface area contributed by atoms with Crippen LogP contribution in [0.15, 0.2) is 48.5 Å². The number of fused-ring (bicyclic) bond motifs is 5. The van der Waals surface area contributed by atoms with Crippen molar-refractivity contribution in [3.05, 3.63) is 54.1 Å². The molecule has 0 N–H and O–H groups in total. The lowest BCUT2D eigenvalue weighted by Crippen LogP contribution is -2.38. The standard InChI is InChI=1S/C15H12NS/c1-2-6-12-11(5-1)9-10-16-13-7-3-4-8-14(13)17-15(12)16/h1-8H,9-10H2/q+1. The van der Waals surface area contributed by atoms with Gasteiger partial charge in [-0.25, -0.2) is 0 Å². The fourth-order valence-corrected chi connectivity index (χ4v) is 3.88. The number of rotatable bonds is 0. The summed E-state index contributed by atoms with van der Waals surface area (Å²) in [6, 6.07) is 17.5. The second kappa shape index (κ2) is 3.41. The van der Waals surface area contributed by atoms with E-state index in [2.05, 4.69) is 53.1 Å². The summed E-state index contributed by atoms with van der Waals surface area (Å²) in [7, 11) is 0. The van der Waals surface area contributed by atoms with Crippen LogP contribution >= 0.6 is 11.3 Å². The Morgan fingerprint density at radius 2 is 1.76 bits per heavy atom. The average molecular weight is 238 g/mol. The van der Waals surface area contributed by atoms with E-state index >= 15 is 0 Å². The zero-order valence-corrected chi connectivity index (χ0v) is 10.2. The maximum Gasteiger partial charge on any atom is 0.270 e. The molecule has 2 heteroatoms. The molecule has 0 saturated carbocycles. The van der Waals surface area contributed by atoms with Crippen molar-refractivity contribution >= 4 is 21.6 Å². The van der Waals surface area contributed by atoms with Gasteiger partial charge in [0, 0.05) is 12.5 Å². The van der Waals surface area contributed by atoms with Crippen LogP contribution in [0.5, 0.6) is 0 Å². The number of para-hydroxylation sites is 1. The smallest absolute Gasteiger partial charge is 0.181 e. The normalized spacial score (nSPS) is 13.4. The summed E-state index contributed by atoms with van der Waals surface area (Å²) < 4.78 is 3.85. The Morgan fingerprint density at radius 1 is 0.941 bits per heavy atom. The molecule has 3 aromatic rings. The Morgan fingerprint density at radius 3 is 2.76 bits per heavy atom. The summed E-state index contributed by atoms with van der Waals surface area (Å²) in [5.74, 6) is 0. The molecule has 2 heterocycles. The monoisotopic (exact) mass is 238 g/mol. The first-order chi connectivity index (χ1) is 8.43. The molecule has 0 saturated heterocycles. The van der Waals surface area contributed by atoms with Crippen LogP contribution in [0.3, 0.4) is 0 Å². The van der Waals surface area contributed by atoms with Gasteiger partial charge in [-0.2, -0.15) is 4.57 Å². The highest BCUT2D eigenvalue weighted by molar-refractivity contribution is 7.21. The lowest BCUT2D eigenvalue weighted by Gasteiger charge is -2.10. The topological polar surface area (TPSA) is 3.88 Å². The molecule has 0 aliphatic carbocycles. The number of aromatic nitrogens is 1. The molecule has 1 aliphatic heterocycles. The second-order valence-corrected chi connectivity index (χ2v) is 5.46. The zero-order valence-electron chi connectivity index (χ0n) is 9.39. The highest BCUT2D eigenvalue weighted by atomic mass is 32.1. The molecule has 1 aromatic heterocycles. The van der Waals surface area contributed by atoms with E-state index in [-0.39, 0.29) is 0 Å². The highest BCUT2D eigenvalue weighted by Gasteiger charge is 2.27. The van der Waals surface area contributed by atoms with Gasteiger partial charge in [-0.15, -0.1) is 0 Å². The molecule has 0 radical (unpaired) electrons. The van der Waals surface area contributed by atoms with Crippen molar-refractivity contribution < 1.29 is 4.57 Å². The zero-order chi connectivity index (χ0) is 11.2. The van der Waals surface area contributed by atoms with Crippen molar-refractivity contribution in [1.29, 1.82) is 0 Å². The van der Waals surface area contributed by atoms with E-state index in [0.29, 0.717) is 0 Å². The van der Waals surface area contributed by atoms with Gasteiger partial charge in [0.15, 0.2) is 6.54 Å². The number of benzene rings is 2. The lowest BCUT2D eigenvalue weighted by molar-refractivity contribution is -0.658. The minimum atomic E-state index is 1.11. The molecule has 4 rings (SSSR count). The summed E-state index contributed by atoms with van der Waals surface area (Å²) in [6.07, 6.45) is 1.15. The van der Waals surface area contributed by atoms with Crippen LogP contribution < -0.4 is 4.57 Å². The van der Waals surface area contributed by atoms with Gasteiger partial charge in [0.05, 0.1) is 5.56 Å². The van der Waals surface area contributed by atoms with E-state index in [1.807, 2.05) is 11.3 Å². The SMILES string of the molecule is c1ccc2c(c1)CC[n+]1c-2sc2ccccc21. The third-order valence-corrected chi connectivity index (χ3v) is 4.66. The first-order valence-electron chi connectivity index (χ1n) is 5.93. The Balaban J connectivity index is 2.10. The fraction of sp³-hybridized carbons (Fsp3) is 0.133. The van der Waals surface area contributed by atoms with Crippen LogP contribution in [0.2, 0.25) is 0 Å². The molecule has 1 aliphatic rings. The lowest BCUT2D eigenvalue weighted by atomic mass is 10.0. The maximum absolute atomic E-state index is 2.46. The molecule has 2 aromatic carbocycles. The highest BCUT2D eigenvalue weighted by Crippen LogP contribution is 2.33. The van der Waals surface area contributed by atoms with Crippen LogP contribution in [0.25, 0.3) is 20.8 Å². The van der Waals surface area contributed by atoms with Crippen molar-refractivity contribution in [2.24, 2.45) is 0 Å². The number of hydrogen-bond donors (Lipinski definition) is 0. The predicted molar refractivity (Wildman–Crippen MR) is 71.2 cm³/mol. The van der Waals surface area contributed by atoms with E-state index in [1.165, 1.54) is 26.4 Å².